The molecule has 0 unspecified atom stereocenters. The van der Waals surface area contributed by atoms with Gasteiger partial charge in [0.1, 0.15) is 0 Å². The maximum absolute atomic E-state index is 11.8. The minimum atomic E-state index is 0.0165. The molecule has 4 heteroatoms. The molecule has 0 aliphatic heterocycles. The molecule has 0 bridgehead atoms. The van der Waals surface area contributed by atoms with Gasteiger partial charge in [-0.15, -0.1) is 0 Å². The van der Waals surface area contributed by atoms with Crippen molar-refractivity contribution in [1.82, 2.24) is 4.90 Å². The number of rotatable bonds is 7. The SMILES string of the molecule is CCc1cccc(NC(=O)CN(C)CCCN)c1. The molecule has 1 rings (SSSR count). The van der Waals surface area contributed by atoms with Gasteiger partial charge in [0.15, 0.2) is 0 Å². The van der Waals surface area contributed by atoms with Crippen LogP contribution in [-0.4, -0.2) is 37.5 Å². The van der Waals surface area contributed by atoms with Crippen LogP contribution >= 0.6 is 0 Å². The number of carbonyl (C=O) groups excluding carboxylic acids is 1. The molecule has 1 amide bonds. The normalized spacial score (nSPS) is 10.7. The van der Waals surface area contributed by atoms with Gasteiger partial charge in [-0.3, -0.25) is 9.69 Å². The summed E-state index contributed by atoms with van der Waals surface area (Å²) < 4.78 is 0. The van der Waals surface area contributed by atoms with Crippen molar-refractivity contribution in [1.29, 1.82) is 0 Å². The number of aryl methyl sites for hydroxylation is 1. The quantitative estimate of drug-likeness (QED) is 0.769. The summed E-state index contributed by atoms with van der Waals surface area (Å²) in [5.74, 6) is 0.0165. The third-order valence-electron chi connectivity index (χ3n) is 2.78. The Kier molecular flexibility index (Phi) is 6.39. The lowest BCUT2D eigenvalue weighted by atomic mass is 10.1. The predicted octanol–water partition coefficient (Wildman–Crippen LogP) is 1.47. The van der Waals surface area contributed by atoms with Gasteiger partial charge in [0.2, 0.25) is 5.91 Å². The molecule has 0 aliphatic carbocycles. The molecule has 0 saturated heterocycles. The smallest absolute Gasteiger partial charge is 0.238 e. The van der Waals surface area contributed by atoms with E-state index in [4.69, 9.17) is 5.73 Å². The fourth-order valence-corrected chi connectivity index (χ4v) is 1.75. The Hall–Kier alpha value is -1.39. The standard InChI is InChI=1S/C14H23N3O/c1-3-12-6-4-7-13(10-12)16-14(18)11-17(2)9-5-8-15/h4,6-7,10H,3,5,8-9,11,15H2,1-2H3,(H,16,18). The number of benzene rings is 1. The third kappa shape index (κ3) is 5.29. The van der Waals surface area contributed by atoms with Crippen molar-refractivity contribution in [2.75, 3.05) is 32.0 Å². The molecule has 3 N–H and O–H groups in total. The second-order valence-corrected chi connectivity index (χ2v) is 4.48. The molecule has 0 aromatic heterocycles. The van der Waals surface area contributed by atoms with Gasteiger partial charge in [-0.05, 0) is 50.7 Å². The van der Waals surface area contributed by atoms with E-state index in [9.17, 15) is 4.79 Å². The van der Waals surface area contributed by atoms with Gasteiger partial charge < -0.3 is 11.1 Å². The zero-order chi connectivity index (χ0) is 13.4. The molecular formula is C14H23N3O. The molecule has 1 aromatic rings. The van der Waals surface area contributed by atoms with Crippen LogP contribution in [0.4, 0.5) is 5.69 Å². The number of carbonyl (C=O) groups is 1. The van der Waals surface area contributed by atoms with Gasteiger partial charge in [0.05, 0.1) is 6.54 Å². The molecule has 0 spiro atoms. The molecule has 4 nitrogen and oxygen atoms in total. The fourth-order valence-electron chi connectivity index (χ4n) is 1.75. The number of anilines is 1. The second-order valence-electron chi connectivity index (χ2n) is 4.48. The van der Waals surface area contributed by atoms with Crippen LogP contribution in [0.3, 0.4) is 0 Å². The Morgan fingerprint density at radius 2 is 2.22 bits per heavy atom. The molecule has 0 radical (unpaired) electrons. The van der Waals surface area contributed by atoms with E-state index in [1.54, 1.807) is 0 Å². The van der Waals surface area contributed by atoms with Gasteiger partial charge in [0, 0.05) is 5.69 Å². The van der Waals surface area contributed by atoms with Crippen LogP contribution in [0.25, 0.3) is 0 Å². The first-order chi connectivity index (χ1) is 8.65. The Labute approximate surface area is 109 Å². The van der Waals surface area contributed by atoms with Crippen molar-refractivity contribution >= 4 is 11.6 Å². The molecule has 0 aliphatic rings. The molecule has 0 atom stereocenters. The van der Waals surface area contributed by atoms with Gasteiger partial charge in [-0.2, -0.15) is 0 Å². The van der Waals surface area contributed by atoms with Crippen molar-refractivity contribution in [3.05, 3.63) is 29.8 Å². The molecule has 0 heterocycles. The Balaban J connectivity index is 2.43. The zero-order valence-electron chi connectivity index (χ0n) is 11.3. The summed E-state index contributed by atoms with van der Waals surface area (Å²) in [6.45, 7) is 4.00. The van der Waals surface area contributed by atoms with Crippen LogP contribution in [0.2, 0.25) is 0 Å². The minimum Gasteiger partial charge on any atom is -0.330 e. The van der Waals surface area contributed by atoms with E-state index >= 15 is 0 Å². The summed E-state index contributed by atoms with van der Waals surface area (Å²) in [5.41, 5.74) is 7.53. The molecule has 0 fully saturated rings. The lowest BCUT2D eigenvalue weighted by molar-refractivity contribution is -0.117. The average molecular weight is 249 g/mol. The summed E-state index contributed by atoms with van der Waals surface area (Å²) in [7, 11) is 1.93. The highest BCUT2D eigenvalue weighted by molar-refractivity contribution is 5.92. The first-order valence-corrected chi connectivity index (χ1v) is 6.43. The van der Waals surface area contributed by atoms with E-state index < -0.39 is 0 Å². The lowest BCUT2D eigenvalue weighted by Gasteiger charge is -2.15. The average Bonchev–Trinajstić information content (AvgIpc) is 2.36. The van der Waals surface area contributed by atoms with Crippen LogP contribution in [0, 0.1) is 0 Å². The van der Waals surface area contributed by atoms with Crippen LogP contribution in [0.5, 0.6) is 0 Å². The zero-order valence-corrected chi connectivity index (χ0v) is 11.3. The lowest BCUT2D eigenvalue weighted by Crippen LogP contribution is -2.31. The maximum Gasteiger partial charge on any atom is 0.238 e. The second kappa shape index (κ2) is 7.84. The van der Waals surface area contributed by atoms with Crippen molar-refractivity contribution in [2.45, 2.75) is 19.8 Å². The fraction of sp³-hybridized carbons (Fsp3) is 0.500. The van der Waals surface area contributed by atoms with Crippen molar-refractivity contribution in [2.24, 2.45) is 5.73 Å². The van der Waals surface area contributed by atoms with E-state index in [0.29, 0.717) is 13.1 Å². The summed E-state index contributed by atoms with van der Waals surface area (Å²) >= 11 is 0. The van der Waals surface area contributed by atoms with E-state index in [2.05, 4.69) is 18.3 Å². The third-order valence-corrected chi connectivity index (χ3v) is 2.78. The number of nitrogens with one attached hydrogen (secondary N) is 1. The van der Waals surface area contributed by atoms with Crippen molar-refractivity contribution in [3.63, 3.8) is 0 Å². The molecular weight excluding hydrogens is 226 g/mol. The van der Waals surface area contributed by atoms with Gasteiger partial charge in [0.25, 0.3) is 0 Å². The van der Waals surface area contributed by atoms with Crippen LogP contribution in [0.1, 0.15) is 18.9 Å². The van der Waals surface area contributed by atoms with Gasteiger partial charge in [-0.1, -0.05) is 19.1 Å². The Bertz CT molecular complexity index is 379. The van der Waals surface area contributed by atoms with E-state index in [1.165, 1.54) is 5.56 Å². The van der Waals surface area contributed by atoms with E-state index in [-0.39, 0.29) is 5.91 Å². The highest BCUT2D eigenvalue weighted by Gasteiger charge is 2.06. The van der Waals surface area contributed by atoms with E-state index in [1.807, 2.05) is 30.1 Å². The van der Waals surface area contributed by atoms with Crippen LogP contribution in [0.15, 0.2) is 24.3 Å². The van der Waals surface area contributed by atoms with Crippen LogP contribution < -0.4 is 11.1 Å². The monoisotopic (exact) mass is 249 g/mol. The number of nitrogens with zero attached hydrogens (tertiary/aromatic N) is 1. The van der Waals surface area contributed by atoms with Crippen LogP contribution in [-0.2, 0) is 11.2 Å². The summed E-state index contributed by atoms with van der Waals surface area (Å²) in [5, 5.41) is 2.91. The number of amides is 1. The number of hydrogen-bond donors (Lipinski definition) is 2. The first-order valence-electron chi connectivity index (χ1n) is 6.43. The number of nitrogens with two attached hydrogens (primary N) is 1. The minimum absolute atomic E-state index is 0.0165. The molecule has 18 heavy (non-hydrogen) atoms. The van der Waals surface area contributed by atoms with Crippen molar-refractivity contribution < 1.29 is 4.79 Å². The summed E-state index contributed by atoms with van der Waals surface area (Å²) in [4.78, 5) is 13.8. The van der Waals surface area contributed by atoms with Gasteiger partial charge >= 0.3 is 0 Å². The highest BCUT2D eigenvalue weighted by Crippen LogP contribution is 2.10. The predicted molar refractivity (Wildman–Crippen MR) is 75.6 cm³/mol. The topological polar surface area (TPSA) is 58.4 Å². The van der Waals surface area contributed by atoms with Gasteiger partial charge in [-0.25, -0.2) is 0 Å². The largest absolute Gasteiger partial charge is 0.330 e. The summed E-state index contributed by atoms with van der Waals surface area (Å²) in [6.07, 6.45) is 1.88. The maximum atomic E-state index is 11.8. The number of hydrogen-bond acceptors (Lipinski definition) is 3. The van der Waals surface area contributed by atoms with E-state index in [0.717, 1.165) is 25.1 Å². The summed E-state index contributed by atoms with van der Waals surface area (Å²) in [6, 6.07) is 7.95. The Morgan fingerprint density at radius 3 is 2.89 bits per heavy atom. The highest BCUT2D eigenvalue weighted by atomic mass is 16.2. The first kappa shape index (κ1) is 14.7. The molecule has 100 valence electrons. The van der Waals surface area contributed by atoms with Crippen molar-refractivity contribution in [3.8, 4) is 0 Å². The molecule has 1 aromatic carbocycles. The Morgan fingerprint density at radius 1 is 1.44 bits per heavy atom. The molecule has 0 saturated carbocycles. The number of likely N-dealkylation sites (N-methyl/N-ethyl adjacent to an activating group) is 1.